The quantitative estimate of drug-likeness (QED) is 0.863. The SMILES string of the molecule is NCc1cccn(CC2CC3CCC2C3)c1=O. The van der Waals surface area contributed by atoms with Crippen molar-refractivity contribution in [1.82, 2.24) is 4.57 Å². The van der Waals surface area contributed by atoms with Crippen molar-refractivity contribution in [3.05, 3.63) is 34.2 Å². The van der Waals surface area contributed by atoms with Crippen molar-refractivity contribution in [3.63, 3.8) is 0 Å². The zero-order valence-corrected chi connectivity index (χ0v) is 10.1. The van der Waals surface area contributed by atoms with Crippen LogP contribution in [-0.2, 0) is 13.1 Å². The number of hydrogen-bond donors (Lipinski definition) is 1. The number of aromatic nitrogens is 1. The Balaban J connectivity index is 1.79. The Morgan fingerprint density at radius 1 is 1.35 bits per heavy atom. The summed E-state index contributed by atoms with van der Waals surface area (Å²) in [4.78, 5) is 12.1. The average Bonchev–Trinajstić information content (AvgIpc) is 2.94. The number of fused-ring (bicyclic) bond motifs is 2. The van der Waals surface area contributed by atoms with Crippen molar-refractivity contribution in [3.8, 4) is 0 Å². The van der Waals surface area contributed by atoms with E-state index in [4.69, 9.17) is 5.73 Å². The minimum absolute atomic E-state index is 0.109. The molecule has 3 rings (SSSR count). The molecule has 3 atom stereocenters. The smallest absolute Gasteiger partial charge is 0.255 e. The van der Waals surface area contributed by atoms with E-state index in [2.05, 4.69) is 0 Å². The van der Waals surface area contributed by atoms with Crippen LogP contribution in [-0.4, -0.2) is 4.57 Å². The van der Waals surface area contributed by atoms with E-state index in [1.54, 1.807) is 0 Å². The first-order chi connectivity index (χ1) is 8.28. The van der Waals surface area contributed by atoms with E-state index in [1.165, 1.54) is 25.7 Å². The third kappa shape index (κ3) is 1.93. The van der Waals surface area contributed by atoms with Crippen LogP contribution in [0.2, 0.25) is 0 Å². The van der Waals surface area contributed by atoms with Crippen LogP contribution >= 0.6 is 0 Å². The number of pyridine rings is 1. The van der Waals surface area contributed by atoms with E-state index in [9.17, 15) is 4.79 Å². The lowest BCUT2D eigenvalue weighted by molar-refractivity contribution is 0.292. The predicted molar refractivity (Wildman–Crippen MR) is 67.5 cm³/mol. The second-order valence-corrected chi connectivity index (χ2v) is 5.63. The van der Waals surface area contributed by atoms with Gasteiger partial charge in [-0.25, -0.2) is 0 Å². The lowest BCUT2D eigenvalue weighted by Gasteiger charge is -2.22. The Bertz CT molecular complexity index is 466. The summed E-state index contributed by atoms with van der Waals surface area (Å²) in [6, 6.07) is 3.77. The molecule has 0 radical (unpaired) electrons. The minimum atomic E-state index is 0.109. The number of nitrogens with two attached hydrogens (primary N) is 1. The van der Waals surface area contributed by atoms with Crippen LogP contribution in [0.15, 0.2) is 23.1 Å². The highest BCUT2D eigenvalue weighted by Gasteiger charge is 2.39. The lowest BCUT2D eigenvalue weighted by atomic mass is 9.89. The van der Waals surface area contributed by atoms with Gasteiger partial charge in [-0.3, -0.25) is 4.79 Å². The summed E-state index contributed by atoms with van der Waals surface area (Å²) in [6.07, 6.45) is 7.42. The van der Waals surface area contributed by atoms with Gasteiger partial charge in [0.25, 0.3) is 5.56 Å². The molecule has 17 heavy (non-hydrogen) atoms. The molecule has 2 aliphatic carbocycles. The zero-order valence-electron chi connectivity index (χ0n) is 10.1. The molecule has 0 spiro atoms. The Morgan fingerprint density at radius 2 is 2.24 bits per heavy atom. The van der Waals surface area contributed by atoms with Crippen LogP contribution in [0.1, 0.15) is 31.2 Å². The fourth-order valence-corrected chi connectivity index (χ4v) is 3.74. The van der Waals surface area contributed by atoms with Gasteiger partial charge in [0.1, 0.15) is 0 Å². The zero-order chi connectivity index (χ0) is 11.8. The average molecular weight is 232 g/mol. The van der Waals surface area contributed by atoms with Crippen LogP contribution in [0.5, 0.6) is 0 Å². The molecule has 2 aliphatic rings. The summed E-state index contributed by atoms with van der Waals surface area (Å²) >= 11 is 0. The number of rotatable bonds is 3. The van der Waals surface area contributed by atoms with Gasteiger partial charge in [-0.15, -0.1) is 0 Å². The third-order valence-electron chi connectivity index (χ3n) is 4.63. The fourth-order valence-electron chi connectivity index (χ4n) is 3.74. The summed E-state index contributed by atoms with van der Waals surface area (Å²) in [7, 11) is 0. The third-order valence-corrected chi connectivity index (χ3v) is 4.63. The van der Waals surface area contributed by atoms with E-state index in [-0.39, 0.29) is 5.56 Å². The Labute approximate surface area is 102 Å². The van der Waals surface area contributed by atoms with E-state index >= 15 is 0 Å². The van der Waals surface area contributed by atoms with Crippen molar-refractivity contribution < 1.29 is 0 Å². The maximum atomic E-state index is 12.1. The molecule has 92 valence electrons. The highest BCUT2D eigenvalue weighted by Crippen LogP contribution is 2.48. The molecule has 0 amide bonds. The Kier molecular flexibility index (Phi) is 2.79. The maximum Gasteiger partial charge on any atom is 0.255 e. The molecule has 1 heterocycles. The molecule has 0 aromatic carbocycles. The predicted octanol–water partition coefficient (Wildman–Crippen LogP) is 1.74. The van der Waals surface area contributed by atoms with E-state index < -0.39 is 0 Å². The monoisotopic (exact) mass is 232 g/mol. The molecule has 2 fully saturated rings. The van der Waals surface area contributed by atoms with Crippen LogP contribution in [0.3, 0.4) is 0 Å². The minimum Gasteiger partial charge on any atom is -0.326 e. The van der Waals surface area contributed by atoms with Gasteiger partial charge < -0.3 is 10.3 Å². The van der Waals surface area contributed by atoms with Gasteiger partial charge in [-0.1, -0.05) is 12.5 Å². The molecular weight excluding hydrogens is 212 g/mol. The number of nitrogens with zero attached hydrogens (tertiary/aromatic N) is 1. The lowest BCUT2D eigenvalue weighted by Crippen LogP contribution is -2.29. The molecule has 0 saturated heterocycles. The van der Waals surface area contributed by atoms with Crippen LogP contribution in [0.25, 0.3) is 0 Å². The van der Waals surface area contributed by atoms with Crippen LogP contribution in [0.4, 0.5) is 0 Å². The first-order valence-corrected chi connectivity index (χ1v) is 6.66. The largest absolute Gasteiger partial charge is 0.326 e. The van der Waals surface area contributed by atoms with Gasteiger partial charge in [0.05, 0.1) is 0 Å². The topological polar surface area (TPSA) is 48.0 Å². The Hall–Kier alpha value is -1.09. The highest BCUT2D eigenvalue weighted by molar-refractivity contribution is 5.10. The molecule has 2 N–H and O–H groups in total. The normalized spacial score (nSPS) is 31.0. The summed E-state index contributed by atoms with van der Waals surface area (Å²) in [5.74, 6) is 2.53. The molecule has 2 saturated carbocycles. The van der Waals surface area contributed by atoms with Gasteiger partial charge >= 0.3 is 0 Å². The van der Waals surface area contributed by atoms with E-state index in [0.717, 1.165) is 29.9 Å². The molecule has 1 aromatic heterocycles. The van der Waals surface area contributed by atoms with Crippen molar-refractivity contribution in [1.29, 1.82) is 0 Å². The Morgan fingerprint density at radius 3 is 2.88 bits per heavy atom. The summed E-state index contributed by atoms with van der Waals surface area (Å²) in [5.41, 5.74) is 6.42. The molecule has 3 unspecified atom stereocenters. The van der Waals surface area contributed by atoms with Crippen LogP contribution < -0.4 is 11.3 Å². The molecule has 0 aliphatic heterocycles. The van der Waals surface area contributed by atoms with Crippen molar-refractivity contribution in [2.45, 2.75) is 38.8 Å². The molecule has 3 nitrogen and oxygen atoms in total. The van der Waals surface area contributed by atoms with E-state index in [1.807, 2.05) is 22.9 Å². The first-order valence-electron chi connectivity index (χ1n) is 6.66. The second kappa shape index (κ2) is 4.30. The van der Waals surface area contributed by atoms with Gasteiger partial charge in [0.2, 0.25) is 0 Å². The summed E-state index contributed by atoms with van der Waals surface area (Å²) < 4.78 is 1.87. The maximum absolute atomic E-state index is 12.1. The number of hydrogen-bond acceptors (Lipinski definition) is 2. The summed E-state index contributed by atoms with van der Waals surface area (Å²) in [6.45, 7) is 1.24. The fraction of sp³-hybridized carbons (Fsp3) is 0.643. The van der Waals surface area contributed by atoms with Crippen molar-refractivity contribution in [2.75, 3.05) is 0 Å². The first kappa shape index (κ1) is 11.0. The molecule has 3 heteroatoms. The van der Waals surface area contributed by atoms with Crippen molar-refractivity contribution in [2.24, 2.45) is 23.5 Å². The second-order valence-electron chi connectivity index (χ2n) is 5.63. The molecule has 2 bridgehead atoms. The standard InChI is InChI=1S/C14H20N2O/c15-8-12-2-1-5-16(14(12)17)9-13-7-10-3-4-11(13)6-10/h1-2,5,10-11,13H,3-4,6-9,15H2. The van der Waals surface area contributed by atoms with Gasteiger partial charge in [0.15, 0.2) is 0 Å². The summed E-state index contributed by atoms with van der Waals surface area (Å²) in [5, 5.41) is 0. The highest BCUT2D eigenvalue weighted by atomic mass is 16.1. The molecular formula is C14H20N2O. The molecule has 1 aromatic rings. The van der Waals surface area contributed by atoms with Crippen LogP contribution in [0, 0.1) is 17.8 Å². The van der Waals surface area contributed by atoms with Gasteiger partial charge in [-0.05, 0) is 43.1 Å². The van der Waals surface area contributed by atoms with E-state index in [0.29, 0.717) is 6.54 Å². The van der Waals surface area contributed by atoms with Crippen molar-refractivity contribution >= 4 is 0 Å². The van der Waals surface area contributed by atoms with Gasteiger partial charge in [0, 0.05) is 24.8 Å². The van der Waals surface area contributed by atoms with Gasteiger partial charge in [-0.2, -0.15) is 0 Å².